The van der Waals surface area contributed by atoms with Gasteiger partial charge in [-0.15, -0.1) is 6.58 Å². The highest BCUT2D eigenvalue weighted by Gasteiger charge is 2.12. The lowest BCUT2D eigenvalue weighted by Gasteiger charge is -2.10. The van der Waals surface area contributed by atoms with Crippen LogP contribution in [0, 0.1) is 10.6 Å². The molecule has 2 unspecified atom stereocenters. The van der Waals surface area contributed by atoms with Crippen LogP contribution in [0.3, 0.4) is 0 Å². The van der Waals surface area contributed by atoms with Gasteiger partial charge >= 0.3 is 0 Å². The molecule has 0 saturated heterocycles. The van der Waals surface area contributed by atoms with Crippen molar-refractivity contribution < 1.29 is 0 Å². The molecule has 0 amide bonds. The molecule has 5 heteroatoms. The number of nitrogens with one attached hydrogen (secondary N) is 2. The second-order valence-electron chi connectivity index (χ2n) is 3.12. The predicted molar refractivity (Wildman–Crippen MR) is 54.7 cm³/mol. The van der Waals surface area contributed by atoms with Gasteiger partial charge in [0, 0.05) is 0 Å². The van der Waals surface area contributed by atoms with Gasteiger partial charge < -0.3 is 5.73 Å². The molecule has 0 aliphatic rings. The van der Waals surface area contributed by atoms with Crippen LogP contribution in [-0.4, -0.2) is 15.4 Å². The van der Waals surface area contributed by atoms with E-state index >= 15 is 0 Å². The lowest BCUT2D eigenvalue weighted by Crippen LogP contribution is -2.14. The molecule has 0 aliphatic heterocycles. The number of nitrogens with zero attached hydrogens (tertiary/aromatic N) is 1. The molecule has 0 aliphatic carbocycles. The Kier molecular flexibility index (Phi) is 3.39. The standard InChI is InChI=1S/C8H14N4S/c1-3-5(2)4-6(9)7-8(13)11-12-10-7/h3,5-6H,1,4,9H2,2H3,(H2,10,11,12,13). The third-order valence-electron chi connectivity index (χ3n) is 1.96. The van der Waals surface area contributed by atoms with Crippen LogP contribution in [-0.2, 0) is 0 Å². The number of hydrogen-bond donors (Lipinski definition) is 3. The zero-order valence-corrected chi connectivity index (χ0v) is 8.40. The first-order valence-electron chi connectivity index (χ1n) is 4.16. The summed E-state index contributed by atoms with van der Waals surface area (Å²) >= 11 is 5.00. The highest BCUT2D eigenvalue weighted by Crippen LogP contribution is 2.17. The number of allylic oxidation sites excluding steroid dienone is 1. The molecule has 72 valence electrons. The smallest absolute Gasteiger partial charge is 0.144 e. The summed E-state index contributed by atoms with van der Waals surface area (Å²) < 4.78 is 0.587. The number of aromatic amines is 2. The summed E-state index contributed by atoms with van der Waals surface area (Å²) in [5.41, 5.74) is 6.63. The molecule has 4 N–H and O–H groups in total. The lowest BCUT2D eigenvalue weighted by molar-refractivity contribution is 0.539. The molecule has 0 aromatic carbocycles. The molecule has 1 heterocycles. The molecule has 0 radical (unpaired) electrons. The van der Waals surface area contributed by atoms with Crippen LogP contribution in [0.4, 0.5) is 0 Å². The minimum absolute atomic E-state index is 0.122. The summed E-state index contributed by atoms with van der Waals surface area (Å²) in [6.07, 6.45) is 2.69. The van der Waals surface area contributed by atoms with Gasteiger partial charge in [-0.25, -0.2) is 5.21 Å². The maximum absolute atomic E-state index is 5.90. The molecule has 1 rings (SSSR count). The Hall–Kier alpha value is -0.940. The molecule has 0 saturated carbocycles. The van der Waals surface area contributed by atoms with Crippen molar-refractivity contribution in [3.8, 4) is 0 Å². The Morgan fingerprint density at radius 3 is 2.92 bits per heavy atom. The maximum Gasteiger partial charge on any atom is 0.144 e. The van der Waals surface area contributed by atoms with E-state index in [9.17, 15) is 0 Å². The summed E-state index contributed by atoms with van der Waals surface area (Å²) in [6.45, 7) is 5.76. The van der Waals surface area contributed by atoms with Crippen LogP contribution in [0.5, 0.6) is 0 Å². The highest BCUT2D eigenvalue weighted by atomic mass is 32.1. The van der Waals surface area contributed by atoms with Crippen LogP contribution in [0.15, 0.2) is 12.7 Å². The van der Waals surface area contributed by atoms with Crippen LogP contribution < -0.4 is 5.73 Å². The van der Waals surface area contributed by atoms with Gasteiger partial charge in [0.1, 0.15) is 10.3 Å². The predicted octanol–water partition coefficient (Wildman–Crippen LogP) is 1.68. The molecule has 4 nitrogen and oxygen atoms in total. The fraction of sp³-hybridized carbons (Fsp3) is 0.500. The highest BCUT2D eigenvalue weighted by molar-refractivity contribution is 7.71. The van der Waals surface area contributed by atoms with Crippen molar-refractivity contribution in [2.24, 2.45) is 11.7 Å². The van der Waals surface area contributed by atoms with Gasteiger partial charge in [-0.1, -0.05) is 25.2 Å². The van der Waals surface area contributed by atoms with Crippen molar-refractivity contribution in [3.63, 3.8) is 0 Å². The Bertz CT molecular complexity index is 327. The van der Waals surface area contributed by atoms with E-state index in [4.69, 9.17) is 18.0 Å². The molecule has 1 aromatic rings. The van der Waals surface area contributed by atoms with E-state index in [0.29, 0.717) is 10.6 Å². The summed E-state index contributed by atoms with van der Waals surface area (Å²) in [5, 5.41) is 9.26. The van der Waals surface area contributed by atoms with Crippen LogP contribution in [0.2, 0.25) is 0 Å². The Morgan fingerprint density at radius 1 is 1.77 bits per heavy atom. The van der Waals surface area contributed by atoms with Crippen molar-refractivity contribution in [1.82, 2.24) is 15.4 Å². The van der Waals surface area contributed by atoms with Gasteiger partial charge in [-0.05, 0) is 12.3 Å². The molecule has 0 spiro atoms. The minimum Gasteiger partial charge on any atom is -0.322 e. The minimum atomic E-state index is -0.122. The van der Waals surface area contributed by atoms with Crippen LogP contribution in [0.1, 0.15) is 25.1 Å². The average molecular weight is 198 g/mol. The SMILES string of the molecule is C=CC(C)CC(N)c1n[nH][nH]c1=S. The molecular formula is C8H14N4S. The van der Waals surface area contributed by atoms with Gasteiger partial charge in [0.25, 0.3) is 0 Å². The largest absolute Gasteiger partial charge is 0.322 e. The van der Waals surface area contributed by atoms with Gasteiger partial charge in [0.2, 0.25) is 0 Å². The van der Waals surface area contributed by atoms with E-state index in [0.717, 1.165) is 12.1 Å². The van der Waals surface area contributed by atoms with Crippen LogP contribution >= 0.6 is 12.2 Å². The first-order valence-corrected chi connectivity index (χ1v) is 4.57. The molecule has 0 bridgehead atoms. The maximum atomic E-state index is 5.90. The average Bonchev–Trinajstić information content (AvgIpc) is 2.51. The van der Waals surface area contributed by atoms with E-state index < -0.39 is 0 Å². The second-order valence-corrected chi connectivity index (χ2v) is 3.53. The Balaban J connectivity index is 2.69. The van der Waals surface area contributed by atoms with E-state index in [1.807, 2.05) is 6.08 Å². The third-order valence-corrected chi connectivity index (χ3v) is 2.27. The first kappa shape index (κ1) is 10.1. The van der Waals surface area contributed by atoms with Gasteiger partial charge in [-0.3, -0.25) is 5.10 Å². The first-order chi connectivity index (χ1) is 6.15. The van der Waals surface area contributed by atoms with E-state index in [-0.39, 0.29) is 6.04 Å². The third kappa shape index (κ3) is 2.50. The van der Waals surface area contributed by atoms with Gasteiger partial charge in [0.15, 0.2) is 0 Å². The topological polar surface area (TPSA) is 70.5 Å². The molecule has 2 atom stereocenters. The van der Waals surface area contributed by atoms with Gasteiger partial charge in [0.05, 0.1) is 6.04 Å². The Labute approximate surface area is 82.2 Å². The summed E-state index contributed by atoms with van der Waals surface area (Å²) in [7, 11) is 0. The number of H-pyrrole nitrogens is 2. The Morgan fingerprint density at radius 2 is 2.46 bits per heavy atom. The van der Waals surface area contributed by atoms with Crippen molar-refractivity contribution >= 4 is 12.2 Å². The van der Waals surface area contributed by atoms with Crippen molar-refractivity contribution in [1.29, 1.82) is 0 Å². The van der Waals surface area contributed by atoms with Crippen LogP contribution in [0.25, 0.3) is 0 Å². The monoisotopic (exact) mass is 198 g/mol. The summed E-state index contributed by atoms with van der Waals surface area (Å²) in [5.74, 6) is 0.376. The van der Waals surface area contributed by atoms with Gasteiger partial charge in [-0.2, -0.15) is 5.10 Å². The fourth-order valence-electron chi connectivity index (χ4n) is 1.11. The lowest BCUT2D eigenvalue weighted by atomic mass is 10.0. The quantitative estimate of drug-likeness (QED) is 0.509. The summed E-state index contributed by atoms with van der Waals surface area (Å²) in [4.78, 5) is 0. The van der Waals surface area contributed by atoms with E-state index in [1.165, 1.54) is 0 Å². The number of nitrogens with two attached hydrogens (primary N) is 1. The normalized spacial score (nSPS) is 15.2. The zero-order chi connectivity index (χ0) is 9.84. The number of aromatic nitrogens is 3. The van der Waals surface area contributed by atoms with Crippen molar-refractivity contribution in [2.75, 3.05) is 0 Å². The molecule has 1 aromatic heterocycles. The molecule has 13 heavy (non-hydrogen) atoms. The van der Waals surface area contributed by atoms with Crippen molar-refractivity contribution in [3.05, 3.63) is 23.0 Å². The van der Waals surface area contributed by atoms with E-state index in [2.05, 4.69) is 28.9 Å². The number of rotatable bonds is 4. The zero-order valence-electron chi connectivity index (χ0n) is 7.58. The van der Waals surface area contributed by atoms with E-state index in [1.54, 1.807) is 0 Å². The second kappa shape index (κ2) is 4.34. The fourth-order valence-corrected chi connectivity index (χ4v) is 1.36. The summed E-state index contributed by atoms with van der Waals surface area (Å²) in [6, 6.07) is -0.122. The molecule has 0 fully saturated rings. The molecular weight excluding hydrogens is 184 g/mol. The number of hydrogen-bond acceptors (Lipinski definition) is 3. The van der Waals surface area contributed by atoms with Crippen molar-refractivity contribution in [2.45, 2.75) is 19.4 Å².